The van der Waals surface area contributed by atoms with Crippen LogP contribution >= 0.6 is 11.6 Å². The van der Waals surface area contributed by atoms with Gasteiger partial charge in [0, 0.05) is 22.8 Å². The first-order valence-corrected chi connectivity index (χ1v) is 8.50. The van der Waals surface area contributed by atoms with Gasteiger partial charge in [-0.1, -0.05) is 23.7 Å². The monoisotopic (exact) mass is 378 g/mol. The number of hydrogen-bond acceptors (Lipinski definition) is 5. The third-order valence-electron chi connectivity index (χ3n) is 3.74. The van der Waals surface area contributed by atoms with Crippen molar-refractivity contribution in [3.63, 3.8) is 0 Å². The molecule has 0 spiro atoms. The van der Waals surface area contributed by atoms with E-state index in [4.69, 9.17) is 25.8 Å². The van der Waals surface area contributed by atoms with Gasteiger partial charge in [-0.05, 0) is 30.7 Å². The van der Waals surface area contributed by atoms with E-state index in [2.05, 4.69) is 10.6 Å². The molecule has 2 aromatic rings. The first-order chi connectivity index (χ1) is 12.6. The summed E-state index contributed by atoms with van der Waals surface area (Å²) in [7, 11) is 4.59. The molecule has 0 saturated heterocycles. The molecule has 0 aromatic heterocycles. The second-order valence-corrected chi connectivity index (χ2v) is 5.95. The van der Waals surface area contributed by atoms with Crippen molar-refractivity contribution in [2.24, 2.45) is 0 Å². The molecule has 7 heteroatoms. The Morgan fingerprint density at radius 3 is 2.15 bits per heavy atom. The van der Waals surface area contributed by atoms with Gasteiger partial charge in [0.25, 0.3) is 0 Å². The average Bonchev–Trinajstić information content (AvgIpc) is 2.65. The van der Waals surface area contributed by atoms with Crippen LogP contribution in [0.1, 0.15) is 5.56 Å². The van der Waals surface area contributed by atoms with E-state index in [-0.39, 0.29) is 12.5 Å². The van der Waals surface area contributed by atoms with Crippen molar-refractivity contribution < 1.29 is 19.0 Å². The van der Waals surface area contributed by atoms with Crippen molar-refractivity contribution in [2.45, 2.75) is 6.42 Å². The highest BCUT2D eigenvalue weighted by Crippen LogP contribution is 2.39. The average molecular weight is 379 g/mol. The van der Waals surface area contributed by atoms with Crippen LogP contribution in [0.5, 0.6) is 17.2 Å². The van der Waals surface area contributed by atoms with Crippen LogP contribution in [-0.2, 0) is 11.2 Å². The SMILES string of the molecule is COc1cc(NC(=O)CNCCc2ccc(Cl)cc2)cc(OC)c1OC. The zero-order valence-corrected chi connectivity index (χ0v) is 15.9. The van der Waals surface area contributed by atoms with Gasteiger partial charge in [0.05, 0.1) is 27.9 Å². The minimum Gasteiger partial charge on any atom is -0.493 e. The molecule has 6 nitrogen and oxygen atoms in total. The quantitative estimate of drug-likeness (QED) is 0.656. The van der Waals surface area contributed by atoms with Crippen molar-refractivity contribution in [3.8, 4) is 17.2 Å². The van der Waals surface area contributed by atoms with Gasteiger partial charge < -0.3 is 24.8 Å². The summed E-state index contributed by atoms with van der Waals surface area (Å²) in [5.41, 5.74) is 1.73. The van der Waals surface area contributed by atoms with Crippen molar-refractivity contribution in [3.05, 3.63) is 47.0 Å². The zero-order chi connectivity index (χ0) is 18.9. The number of carbonyl (C=O) groups is 1. The Labute approximate surface area is 158 Å². The number of methoxy groups -OCH3 is 3. The molecule has 0 aliphatic carbocycles. The van der Waals surface area contributed by atoms with E-state index in [0.717, 1.165) is 12.0 Å². The molecule has 1 amide bonds. The fourth-order valence-electron chi connectivity index (χ4n) is 2.44. The lowest BCUT2D eigenvalue weighted by atomic mass is 10.1. The minimum absolute atomic E-state index is 0.157. The number of halogens is 1. The van der Waals surface area contributed by atoms with Crippen LogP contribution in [0.4, 0.5) is 5.69 Å². The maximum atomic E-state index is 12.1. The summed E-state index contributed by atoms with van der Waals surface area (Å²) in [6, 6.07) is 11.0. The molecule has 0 aliphatic rings. The van der Waals surface area contributed by atoms with E-state index < -0.39 is 0 Å². The molecule has 2 aromatic carbocycles. The van der Waals surface area contributed by atoms with E-state index in [9.17, 15) is 4.79 Å². The normalized spacial score (nSPS) is 10.3. The zero-order valence-electron chi connectivity index (χ0n) is 15.1. The lowest BCUT2D eigenvalue weighted by Crippen LogP contribution is -2.29. The molecule has 2 N–H and O–H groups in total. The topological polar surface area (TPSA) is 68.8 Å². The van der Waals surface area contributed by atoms with Crippen LogP contribution < -0.4 is 24.8 Å². The number of rotatable bonds is 9. The summed E-state index contributed by atoms with van der Waals surface area (Å²) in [6.07, 6.45) is 0.814. The standard InChI is InChI=1S/C19H23ClN2O4/c1-24-16-10-15(11-17(25-2)19(16)26-3)22-18(23)12-21-9-8-13-4-6-14(20)7-5-13/h4-7,10-11,21H,8-9,12H2,1-3H3,(H,22,23). The number of carbonyl (C=O) groups excluding carboxylic acids is 1. The molecule has 140 valence electrons. The van der Waals surface area contributed by atoms with Gasteiger partial charge in [0.1, 0.15) is 0 Å². The minimum atomic E-state index is -0.157. The Balaban J connectivity index is 1.86. The van der Waals surface area contributed by atoms with Crippen LogP contribution in [0.2, 0.25) is 5.02 Å². The van der Waals surface area contributed by atoms with Gasteiger partial charge in [-0.3, -0.25) is 4.79 Å². The third-order valence-corrected chi connectivity index (χ3v) is 3.99. The maximum Gasteiger partial charge on any atom is 0.238 e. The Kier molecular flexibility index (Phi) is 7.56. The molecule has 0 fully saturated rings. The van der Waals surface area contributed by atoms with Gasteiger partial charge in [-0.25, -0.2) is 0 Å². The number of hydrogen-bond donors (Lipinski definition) is 2. The predicted molar refractivity (Wildman–Crippen MR) is 103 cm³/mol. The molecular formula is C19H23ClN2O4. The van der Waals surface area contributed by atoms with E-state index in [1.54, 1.807) is 12.1 Å². The van der Waals surface area contributed by atoms with Crippen LogP contribution in [0.3, 0.4) is 0 Å². The highest BCUT2D eigenvalue weighted by atomic mass is 35.5. The van der Waals surface area contributed by atoms with Crippen molar-refractivity contribution in [2.75, 3.05) is 39.7 Å². The van der Waals surface area contributed by atoms with Crippen LogP contribution in [-0.4, -0.2) is 40.3 Å². The second-order valence-electron chi connectivity index (χ2n) is 5.52. The lowest BCUT2D eigenvalue weighted by molar-refractivity contribution is -0.115. The van der Waals surface area contributed by atoms with Crippen LogP contribution in [0.25, 0.3) is 0 Å². The molecule has 26 heavy (non-hydrogen) atoms. The summed E-state index contributed by atoms with van der Waals surface area (Å²) in [6.45, 7) is 0.883. The third kappa shape index (κ3) is 5.54. The summed E-state index contributed by atoms with van der Waals surface area (Å²) in [5, 5.41) is 6.64. The predicted octanol–water partition coefficient (Wildman–Crippen LogP) is 3.14. The van der Waals surface area contributed by atoms with Gasteiger partial charge in [0.2, 0.25) is 11.7 Å². The summed E-state index contributed by atoms with van der Waals surface area (Å²) < 4.78 is 15.8. The van der Waals surface area contributed by atoms with E-state index in [1.807, 2.05) is 24.3 Å². The molecule has 0 heterocycles. The largest absolute Gasteiger partial charge is 0.493 e. The Bertz CT molecular complexity index is 710. The number of nitrogens with one attached hydrogen (secondary N) is 2. The first-order valence-electron chi connectivity index (χ1n) is 8.12. The first kappa shape index (κ1) is 19.9. The highest BCUT2D eigenvalue weighted by molar-refractivity contribution is 6.30. The Morgan fingerprint density at radius 2 is 1.62 bits per heavy atom. The second kappa shape index (κ2) is 9.89. The molecule has 0 saturated carbocycles. The van der Waals surface area contributed by atoms with E-state index in [0.29, 0.717) is 34.5 Å². The van der Waals surface area contributed by atoms with Crippen molar-refractivity contribution in [1.29, 1.82) is 0 Å². The Hall–Kier alpha value is -2.44. The summed E-state index contributed by atoms with van der Waals surface area (Å²) >= 11 is 5.86. The number of benzene rings is 2. The fourth-order valence-corrected chi connectivity index (χ4v) is 2.57. The Morgan fingerprint density at radius 1 is 1.00 bits per heavy atom. The molecule has 0 unspecified atom stereocenters. The summed E-state index contributed by atoms with van der Waals surface area (Å²) in [5.74, 6) is 1.29. The number of amides is 1. The van der Waals surface area contributed by atoms with Crippen LogP contribution in [0.15, 0.2) is 36.4 Å². The molecule has 0 bridgehead atoms. The van der Waals surface area contributed by atoms with Crippen molar-refractivity contribution >= 4 is 23.2 Å². The smallest absolute Gasteiger partial charge is 0.238 e. The van der Waals surface area contributed by atoms with E-state index in [1.165, 1.54) is 21.3 Å². The highest BCUT2D eigenvalue weighted by Gasteiger charge is 2.14. The molecule has 0 atom stereocenters. The number of anilines is 1. The summed E-state index contributed by atoms with van der Waals surface area (Å²) in [4.78, 5) is 12.1. The molecule has 2 rings (SSSR count). The number of ether oxygens (including phenoxy) is 3. The molecule has 0 radical (unpaired) electrons. The van der Waals surface area contributed by atoms with Gasteiger partial charge >= 0.3 is 0 Å². The fraction of sp³-hybridized carbons (Fsp3) is 0.316. The molecular weight excluding hydrogens is 356 g/mol. The van der Waals surface area contributed by atoms with E-state index >= 15 is 0 Å². The van der Waals surface area contributed by atoms with Gasteiger partial charge in [0.15, 0.2) is 11.5 Å². The lowest BCUT2D eigenvalue weighted by Gasteiger charge is -2.14. The van der Waals surface area contributed by atoms with Gasteiger partial charge in [-0.2, -0.15) is 0 Å². The van der Waals surface area contributed by atoms with Gasteiger partial charge in [-0.15, -0.1) is 0 Å². The maximum absolute atomic E-state index is 12.1. The van der Waals surface area contributed by atoms with Crippen LogP contribution in [0, 0.1) is 0 Å². The van der Waals surface area contributed by atoms with Crippen molar-refractivity contribution in [1.82, 2.24) is 5.32 Å². The molecule has 0 aliphatic heterocycles.